The Morgan fingerprint density at radius 2 is 1.40 bits per heavy atom. The molecular formula is C40H28Br2N2O. The van der Waals surface area contributed by atoms with Crippen molar-refractivity contribution >= 4 is 75.7 Å². The van der Waals surface area contributed by atoms with Crippen LogP contribution in [0.4, 0.5) is 5.69 Å². The minimum atomic E-state index is -1.43. The van der Waals surface area contributed by atoms with E-state index in [0.717, 1.165) is 76.1 Å². The van der Waals surface area contributed by atoms with Crippen molar-refractivity contribution in [2.75, 3.05) is 5.73 Å². The highest BCUT2D eigenvalue weighted by Crippen LogP contribution is 2.62. The number of aromatic nitrogens is 1. The van der Waals surface area contributed by atoms with E-state index in [0.29, 0.717) is 5.69 Å². The Balaban J connectivity index is 1.50. The Hall–Kier alpha value is -4.16. The highest BCUT2D eigenvalue weighted by atomic mass is 79.9. The monoisotopic (exact) mass is 710 g/mol. The van der Waals surface area contributed by atoms with Crippen LogP contribution < -0.4 is 5.73 Å². The van der Waals surface area contributed by atoms with Crippen LogP contribution in [0, 0.1) is 5.92 Å². The van der Waals surface area contributed by atoms with Crippen LogP contribution in [0.5, 0.6) is 0 Å². The summed E-state index contributed by atoms with van der Waals surface area (Å²) in [5, 5.41) is 18.3. The van der Waals surface area contributed by atoms with E-state index >= 15 is 0 Å². The normalized spacial score (nSPS) is 20.5. The Labute approximate surface area is 277 Å². The second-order valence-electron chi connectivity index (χ2n) is 12.2. The van der Waals surface area contributed by atoms with Gasteiger partial charge in [0.1, 0.15) is 5.60 Å². The molecule has 0 aliphatic heterocycles. The van der Waals surface area contributed by atoms with E-state index in [2.05, 4.69) is 146 Å². The number of hydrogen-bond donors (Lipinski definition) is 2. The molecule has 0 fully saturated rings. The fourth-order valence-electron chi connectivity index (χ4n) is 8.11. The van der Waals surface area contributed by atoms with E-state index < -0.39 is 5.60 Å². The molecule has 0 spiro atoms. The summed E-state index contributed by atoms with van der Waals surface area (Å²) >= 11 is 8.00. The van der Waals surface area contributed by atoms with Gasteiger partial charge in [-0.3, -0.25) is 0 Å². The van der Waals surface area contributed by atoms with E-state index in [1.165, 1.54) is 5.56 Å². The van der Waals surface area contributed by atoms with Gasteiger partial charge in [0, 0.05) is 31.2 Å². The molecule has 7 aromatic rings. The van der Waals surface area contributed by atoms with Gasteiger partial charge in [-0.2, -0.15) is 0 Å². The van der Waals surface area contributed by atoms with Crippen molar-refractivity contribution in [1.82, 2.24) is 4.57 Å². The quantitative estimate of drug-likeness (QED) is 0.139. The van der Waals surface area contributed by atoms with Crippen LogP contribution in [0.1, 0.15) is 39.6 Å². The maximum atomic E-state index is 13.8. The van der Waals surface area contributed by atoms with Crippen LogP contribution in [0.25, 0.3) is 43.8 Å². The van der Waals surface area contributed by atoms with Crippen molar-refractivity contribution in [1.29, 1.82) is 0 Å². The fourth-order valence-corrected chi connectivity index (χ4v) is 9.34. The van der Waals surface area contributed by atoms with Gasteiger partial charge in [0.2, 0.25) is 0 Å². The molecule has 9 rings (SSSR count). The van der Waals surface area contributed by atoms with Gasteiger partial charge >= 0.3 is 0 Å². The summed E-state index contributed by atoms with van der Waals surface area (Å²) in [6.45, 7) is 2.24. The maximum Gasteiger partial charge on any atom is 0.140 e. The van der Waals surface area contributed by atoms with E-state index in [-0.39, 0.29) is 10.7 Å². The molecule has 2 aliphatic rings. The first kappa shape index (κ1) is 27.2. The third-order valence-electron chi connectivity index (χ3n) is 9.98. The number of fused-ring (bicyclic) bond motifs is 9. The molecule has 0 saturated heterocycles. The summed E-state index contributed by atoms with van der Waals surface area (Å²) in [5.74, 6) is -0.000262. The number of anilines is 1. The Bertz CT molecular complexity index is 2420. The van der Waals surface area contributed by atoms with Gasteiger partial charge < -0.3 is 15.4 Å². The zero-order chi connectivity index (χ0) is 30.6. The van der Waals surface area contributed by atoms with E-state index in [9.17, 15) is 5.11 Å². The molecule has 1 heterocycles. The standard InChI is InChI=1S/C40H28Br2N2O/c1-22-37-36(26-14-4-5-15-27(26)38(22)42)35-25-13-3-2-11-23(25)31(41)21-30(35)40(37,45)29-17-10-16-28-24-12-6-8-19-33(24)44(39(28)29)34-20-9-7-18-32(34)43/h2-22,38,45H,43H2,1H3. The van der Waals surface area contributed by atoms with Gasteiger partial charge in [0.05, 0.1) is 22.4 Å². The number of alkyl halides is 1. The Morgan fingerprint density at radius 1 is 0.733 bits per heavy atom. The lowest BCUT2D eigenvalue weighted by Crippen LogP contribution is -2.33. The minimum absolute atomic E-state index is 0.000262. The van der Waals surface area contributed by atoms with Crippen LogP contribution in [-0.4, -0.2) is 9.67 Å². The van der Waals surface area contributed by atoms with Gasteiger partial charge in [0.25, 0.3) is 0 Å². The smallest absolute Gasteiger partial charge is 0.140 e. The number of rotatable bonds is 2. The predicted octanol–water partition coefficient (Wildman–Crippen LogP) is 10.4. The van der Waals surface area contributed by atoms with Gasteiger partial charge in [-0.05, 0) is 68.8 Å². The molecule has 0 radical (unpaired) electrons. The molecular weight excluding hydrogens is 684 g/mol. The SMILES string of the molecule is CC1C2=C(c3ccccc3C1Br)c1c(cc(Br)c3ccccc13)C2(O)c1cccc2c3ccccc3n(-c3ccccc3N)c12. The third kappa shape index (κ3) is 3.49. The molecule has 0 saturated carbocycles. The molecule has 2 aliphatic carbocycles. The van der Waals surface area contributed by atoms with Gasteiger partial charge in [0.15, 0.2) is 0 Å². The van der Waals surface area contributed by atoms with E-state index in [1.54, 1.807) is 0 Å². The summed E-state index contributed by atoms with van der Waals surface area (Å²) in [5.41, 5.74) is 16.3. The maximum absolute atomic E-state index is 13.8. The molecule has 0 amide bonds. The number of nitrogen functional groups attached to an aromatic ring is 1. The summed E-state index contributed by atoms with van der Waals surface area (Å²) in [6.07, 6.45) is 0. The summed E-state index contributed by atoms with van der Waals surface area (Å²) in [7, 11) is 0. The van der Waals surface area contributed by atoms with Crippen LogP contribution in [0.3, 0.4) is 0 Å². The second kappa shape index (κ2) is 9.67. The first-order valence-electron chi connectivity index (χ1n) is 15.2. The summed E-state index contributed by atoms with van der Waals surface area (Å²) < 4.78 is 3.21. The first-order valence-corrected chi connectivity index (χ1v) is 16.9. The van der Waals surface area contributed by atoms with Gasteiger partial charge in [-0.1, -0.05) is 136 Å². The topological polar surface area (TPSA) is 51.2 Å². The lowest BCUT2D eigenvalue weighted by molar-refractivity contribution is 0.114. The van der Waals surface area contributed by atoms with Crippen LogP contribution in [0.2, 0.25) is 0 Å². The molecule has 218 valence electrons. The molecule has 5 heteroatoms. The number of benzene rings is 6. The molecule has 6 aromatic carbocycles. The number of hydrogen-bond acceptors (Lipinski definition) is 2. The largest absolute Gasteiger partial charge is 0.397 e. The van der Waals surface area contributed by atoms with Crippen LogP contribution in [0.15, 0.2) is 131 Å². The van der Waals surface area contributed by atoms with Crippen molar-refractivity contribution in [2.24, 2.45) is 5.92 Å². The predicted molar refractivity (Wildman–Crippen MR) is 193 cm³/mol. The van der Waals surface area contributed by atoms with Crippen LogP contribution in [-0.2, 0) is 5.60 Å². The molecule has 3 N–H and O–H groups in total. The average molecular weight is 712 g/mol. The van der Waals surface area contributed by atoms with Crippen molar-refractivity contribution < 1.29 is 5.11 Å². The molecule has 3 nitrogen and oxygen atoms in total. The number of aliphatic hydroxyl groups is 1. The Morgan fingerprint density at radius 3 is 2.22 bits per heavy atom. The van der Waals surface area contributed by atoms with Crippen LogP contribution >= 0.6 is 31.9 Å². The molecule has 0 bridgehead atoms. The summed E-state index contributed by atoms with van der Waals surface area (Å²) in [6, 6.07) is 42.1. The second-order valence-corrected chi connectivity index (χ2v) is 14.1. The number of nitrogens with zero attached hydrogens (tertiary/aromatic N) is 1. The highest BCUT2D eigenvalue weighted by Gasteiger charge is 2.52. The van der Waals surface area contributed by atoms with Crippen molar-refractivity contribution in [3.8, 4) is 5.69 Å². The van der Waals surface area contributed by atoms with Gasteiger partial charge in [-0.25, -0.2) is 0 Å². The lowest BCUT2D eigenvalue weighted by Gasteiger charge is -2.37. The minimum Gasteiger partial charge on any atom is -0.397 e. The van der Waals surface area contributed by atoms with Gasteiger partial charge in [-0.15, -0.1) is 0 Å². The zero-order valence-corrected chi connectivity index (χ0v) is 27.6. The molecule has 45 heavy (non-hydrogen) atoms. The lowest BCUT2D eigenvalue weighted by atomic mass is 9.72. The highest BCUT2D eigenvalue weighted by molar-refractivity contribution is 9.10. The fraction of sp³-hybridized carbons (Fsp3) is 0.100. The van der Waals surface area contributed by atoms with E-state index in [1.807, 2.05) is 18.2 Å². The number of halogens is 2. The average Bonchev–Trinajstić information content (AvgIpc) is 3.54. The van der Waals surface area contributed by atoms with E-state index in [4.69, 9.17) is 5.73 Å². The zero-order valence-electron chi connectivity index (χ0n) is 24.4. The molecule has 1 aromatic heterocycles. The number of para-hydroxylation sites is 4. The van der Waals surface area contributed by atoms with Crippen molar-refractivity contribution in [3.63, 3.8) is 0 Å². The van der Waals surface area contributed by atoms with Crippen molar-refractivity contribution in [2.45, 2.75) is 17.4 Å². The first-order chi connectivity index (χ1) is 21.9. The number of nitrogens with two attached hydrogens (primary N) is 1. The third-order valence-corrected chi connectivity index (χ3v) is 11.9. The van der Waals surface area contributed by atoms with Crippen molar-refractivity contribution in [3.05, 3.63) is 159 Å². The molecule has 3 unspecified atom stereocenters. The summed E-state index contributed by atoms with van der Waals surface area (Å²) in [4.78, 5) is 0.0396. The Kier molecular flexibility index (Phi) is 5.84. The molecule has 3 atom stereocenters.